The highest BCUT2D eigenvalue weighted by Crippen LogP contribution is 2.22. The predicted octanol–water partition coefficient (Wildman–Crippen LogP) is 3.72. The summed E-state index contributed by atoms with van der Waals surface area (Å²) in [6.45, 7) is 1.70. The molecule has 2 aromatic rings. The second kappa shape index (κ2) is 4.22. The molecule has 1 aromatic carbocycles. The van der Waals surface area contributed by atoms with Crippen LogP contribution < -0.4 is 0 Å². The summed E-state index contributed by atoms with van der Waals surface area (Å²) in [6, 6.07) is 5.66. The molecule has 0 aliphatic carbocycles. The smallest absolute Gasteiger partial charge is 0.197 e. The minimum atomic E-state index is -0.347. The van der Waals surface area contributed by atoms with Gasteiger partial charge >= 0.3 is 0 Å². The number of hydrogen-bond acceptors (Lipinski definition) is 2. The summed E-state index contributed by atoms with van der Waals surface area (Å²) in [7, 11) is 0. The summed E-state index contributed by atoms with van der Waals surface area (Å²) < 4.78 is 18.3. The molecule has 0 N–H and O–H groups in total. The molecule has 0 radical (unpaired) electrons. The predicted molar refractivity (Wildman–Crippen MR) is 61.0 cm³/mol. The Morgan fingerprint density at radius 1 is 1.31 bits per heavy atom. The van der Waals surface area contributed by atoms with Crippen LogP contribution in [-0.4, -0.2) is 5.78 Å². The molecule has 1 heterocycles. The van der Waals surface area contributed by atoms with Crippen molar-refractivity contribution in [2.75, 3.05) is 0 Å². The van der Waals surface area contributed by atoms with E-state index in [0.717, 1.165) is 0 Å². The van der Waals surface area contributed by atoms with E-state index in [9.17, 15) is 9.18 Å². The minimum Gasteiger partial charge on any atom is -0.457 e. The Bertz CT molecular complexity index is 546. The van der Waals surface area contributed by atoms with Crippen LogP contribution in [0.1, 0.15) is 21.5 Å². The lowest BCUT2D eigenvalue weighted by Gasteiger charge is -2.03. The lowest BCUT2D eigenvalue weighted by molar-refractivity contribution is 0.103. The lowest BCUT2D eigenvalue weighted by atomic mass is 10.0. The first-order valence-electron chi connectivity index (χ1n) is 4.63. The van der Waals surface area contributed by atoms with Crippen molar-refractivity contribution in [2.45, 2.75) is 6.92 Å². The number of ketones is 1. The van der Waals surface area contributed by atoms with Gasteiger partial charge in [0.25, 0.3) is 0 Å². The van der Waals surface area contributed by atoms with E-state index in [-0.39, 0.29) is 11.6 Å². The van der Waals surface area contributed by atoms with Crippen LogP contribution in [0.25, 0.3) is 0 Å². The van der Waals surface area contributed by atoms with E-state index in [2.05, 4.69) is 15.9 Å². The normalized spacial score (nSPS) is 10.4. The van der Waals surface area contributed by atoms with Crippen LogP contribution in [0.15, 0.2) is 39.6 Å². The van der Waals surface area contributed by atoms with E-state index in [0.29, 0.717) is 21.4 Å². The molecule has 0 bridgehead atoms. The fourth-order valence-electron chi connectivity index (χ4n) is 1.48. The Kier molecular flexibility index (Phi) is 2.92. The highest BCUT2D eigenvalue weighted by Gasteiger charge is 2.16. The Morgan fingerprint density at radius 3 is 2.62 bits per heavy atom. The molecular formula is C12H8BrFO2. The Balaban J connectivity index is 2.46. The second-order valence-corrected chi connectivity index (χ2v) is 4.12. The van der Waals surface area contributed by atoms with Gasteiger partial charge < -0.3 is 4.42 Å². The number of furan rings is 1. The van der Waals surface area contributed by atoms with Gasteiger partial charge in [-0.1, -0.05) is 0 Å². The molecule has 82 valence electrons. The topological polar surface area (TPSA) is 30.2 Å². The summed E-state index contributed by atoms with van der Waals surface area (Å²) in [5.41, 5.74) is 1.52. The molecule has 0 fully saturated rings. The second-order valence-electron chi connectivity index (χ2n) is 3.40. The first-order chi connectivity index (χ1) is 7.59. The maximum absolute atomic E-state index is 12.9. The molecule has 0 atom stereocenters. The third kappa shape index (κ3) is 1.93. The average Bonchev–Trinajstić information content (AvgIpc) is 2.63. The minimum absolute atomic E-state index is 0.182. The van der Waals surface area contributed by atoms with Crippen LogP contribution in [0.3, 0.4) is 0 Å². The number of halogens is 2. The van der Waals surface area contributed by atoms with Crippen LogP contribution in [-0.2, 0) is 0 Å². The van der Waals surface area contributed by atoms with Crippen molar-refractivity contribution in [3.05, 3.63) is 57.7 Å². The monoisotopic (exact) mass is 282 g/mol. The van der Waals surface area contributed by atoms with Gasteiger partial charge in [0.1, 0.15) is 5.82 Å². The molecule has 2 rings (SSSR count). The van der Waals surface area contributed by atoms with Crippen molar-refractivity contribution in [3.63, 3.8) is 0 Å². The van der Waals surface area contributed by atoms with Crippen molar-refractivity contribution in [1.29, 1.82) is 0 Å². The molecule has 1 aromatic heterocycles. The summed E-state index contributed by atoms with van der Waals surface area (Å²) in [5.74, 6) is -0.529. The van der Waals surface area contributed by atoms with Crippen molar-refractivity contribution >= 4 is 21.7 Å². The molecule has 0 unspecified atom stereocenters. The van der Waals surface area contributed by atoms with Crippen LogP contribution in [0.4, 0.5) is 4.39 Å². The number of rotatable bonds is 2. The van der Waals surface area contributed by atoms with Gasteiger partial charge in [-0.2, -0.15) is 0 Å². The van der Waals surface area contributed by atoms with E-state index in [1.165, 1.54) is 24.5 Å². The van der Waals surface area contributed by atoms with Crippen molar-refractivity contribution < 1.29 is 13.6 Å². The third-order valence-electron chi connectivity index (χ3n) is 2.30. The molecule has 0 spiro atoms. The summed E-state index contributed by atoms with van der Waals surface area (Å²) >= 11 is 3.14. The molecule has 2 nitrogen and oxygen atoms in total. The van der Waals surface area contributed by atoms with E-state index in [4.69, 9.17) is 4.42 Å². The van der Waals surface area contributed by atoms with Gasteiger partial charge in [0.15, 0.2) is 10.5 Å². The van der Waals surface area contributed by atoms with Gasteiger partial charge in [-0.15, -0.1) is 0 Å². The third-order valence-corrected chi connectivity index (χ3v) is 2.91. The largest absolute Gasteiger partial charge is 0.457 e. The molecule has 0 amide bonds. The number of benzene rings is 1. The lowest BCUT2D eigenvalue weighted by Crippen LogP contribution is -2.03. The zero-order valence-electron chi connectivity index (χ0n) is 8.46. The molecule has 0 saturated carbocycles. The zero-order valence-corrected chi connectivity index (χ0v) is 10.0. The number of carbonyl (C=O) groups excluding carboxylic acids is 1. The van der Waals surface area contributed by atoms with Crippen LogP contribution >= 0.6 is 15.9 Å². The van der Waals surface area contributed by atoms with Crippen molar-refractivity contribution in [2.24, 2.45) is 0 Å². The molecule has 4 heteroatoms. The summed E-state index contributed by atoms with van der Waals surface area (Å²) in [5, 5.41) is 0. The Hall–Kier alpha value is -1.42. The van der Waals surface area contributed by atoms with Crippen LogP contribution in [0.5, 0.6) is 0 Å². The number of hydrogen-bond donors (Lipinski definition) is 0. The maximum Gasteiger partial charge on any atom is 0.197 e. The van der Waals surface area contributed by atoms with Crippen LogP contribution in [0.2, 0.25) is 0 Å². The summed E-state index contributed by atoms with van der Waals surface area (Å²) in [6.07, 6.45) is 1.43. The van der Waals surface area contributed by atoms with Gasteiger partial charge in [-0.3, -0.25) is 4.79 Å². The SMILES string of the molecule is Cc1cc(F)ccc1C(=O)c1ccoc1Br. The zero-order chi connectivity index (χ0) is 11.7. The Labute approximate surface area is 100 Å². The maximum atomic E-state index is 12.9. The average molecular weight is 283 g/mol. The van der Waals surface area contributed by atoms with Gasteiger partial charge in [0.05, 0.1) is 11.8 Å². The Morgan fingerprint density at radius 2 is 2.06 bits per heavy atom. The van der Waals surface area contributed by atoms with E-state index in [1.54, 1.807) is 13.0 Å². The van der Waals surface area contributed by atoms with Crippen molar-refractivity contribution in [3.8, 4) is 0 Å². The van der Waals surface area contributed by atoms with E-state index < -0.39 is 0 Å². The highest BCUT2D eigenvalue weighted by molar-refractivity contribution is 9.10. The van der Waals surface area contributed by atoms with Gasteiger partial charge in [-0.05, 0) is 52.7 Å². The summed E-state index contributed by atoms with van der Waals surface area (Å²) in [4.78, 5) is 12.0. The first kappa shape index (κ1) is 11.1. The molecule has 16 heavy (non-hydrogen) atoms. The molecule has 0 saturated heterocycles. The molecular weight excluding hydrogens is 275 g/mol. The standard InChI is InChI=1S/C12H8BrFO2/c1-7-6-8(14)2-3-9(7)11(15)10-4-5-16-12(10)13/h2-6H,1H3. The van der Waals surface area contributed by atoms with Crippen molar-refractivity contribution in [1.82, 2.24) is 0 Å². The quantitative estimate of drug-likeness (QED) is 0.786. The van der Waals surface area contributed by atoms with Gasteiger partial charge in [0.2, 0.25) is 0 Å². The number of carbonyl (C=O) groups is 1. The van der Waals surface area contributed by atoms with Crippen LogP contribution in [0, 0.1) is 12.7 Å². The molecule has 0 aliphatic heterocycles. The van der Waals surface area contributed by atoms with Gasteiger partial charge in [-0.25, -0.2) is 4.39 Å². The fourth-order valence-corrected chi connectivity index (χ4v) is 1.90. The highest BCUT2D eigenvalue weighted by atomic mass is 79.9. The fraction of sp³-hybridized carbons (Fsp3) is 0.0833. The first-order valence-corrected chi connectivity index (χ1v) is 5.42. The number of aryl methyl sites for hydroxylation is 1. The van der Waals surface area contributed by atoms with Gasteiger partial charge in [0, 0.05) is 5.56 Å². The molecule has 0 aliphatic rings. The van der Waals surface area contributed by atoms with E-state index >= 15 is 0 Å². The van der Waals surface area contributed by atoms with E-state index in [1.807, 2.05) is 0 Å².